The van der Waals surface area contributed by atoms with Crippen LogP contribution in [0.3, 0.4) is 0 Å². The van der Waals surface area contributed by atoms with E-state index in [0.29, 0.717) is 38.5 Å². The molecule has 0 aromatic heterocycles. The number of aliphatic hydroxyl groups is 2. The van der Waals surface area contributed by atoms with Gasteiger partial charge in [-0.1, -0.05) is 27.7 Å². The lowest BCUT2D eigenvalue weighted by Gasteiger charge is -2.27. The Hall–Kier alpha value is -1.14. The van der Waals surface area contributed by atoms with Gasteiger partial charge in [-0.05, 0) is 62.2 Å². The molecule has 2 atom stereocenters. The lowest BCUT2D eigenvalue weighted by atomic mass is 9.81. The molecule has 6 nitrogen and oxygen atoms in total. The fourth-order valence-electron chi connectivity index (χ4n) is 3.12. The maximum Gasteiger partial charge on any atom is 0.305 e. The van der Waals surface area contributed by atoms with E-state index in [1.165, 1.54) is 14.2 Å². The van der Waals surface area contributed by atoms with Gasteiger partial charge in [0.05, 0.1) is 26.4 Å². The van der Waals surface area contributed by atoms with E-state index in [9.17, 15) is 19.8 Å². The standard InChI is InChI=1S/C22H42O6/c1-21(2,15-11-19(25)27-5)13-9-17(23)7-8-18(24)10-14-22(3,4)16-12-20(26)28-6/h17-18,23-24H,7-16H2,1-6H3. The zero-order valence-electron chi connectivity index (χ0n) is 18.8. The first-order chi connectivity index (χ1) is 12.9. The van der Waals surface area contributed by atoms with Gasteiger partial charge < -0.3 is 19.7 Å². The van der Waals surface area contributed by atoms with Crippen LogP contribution < -0.4 is 0 Å². The molecule has 2 N–H and O–H groups in total. The fraction of sp³-hybridized carbons (Fsp3) is 0.909. The number of ether oxygens (including phenoxy) is 2. The molecular formula is C22H42O6. The molecule has 0 aliphatic heterocycles. The van der Waals surface area contributed by atoms with Gasteiger partial charge in [0.2, 0.25) is 0 Å². The maximum absolute atomic E-state index is 11.3. The predicted molar refractivity (Wildman–Crippen MR) is 110 cm³/mol. The number of aliphatic hydroxyl groups excluding tert-OH is 2. The van der Waals surface area contributed by atoms with Crippen molar-refractivity contribution in [3.8, 4) is 0 Å². The van der Waals surface area contributed by atoms with Crippen molar-refractivity contribution in [3.63, 3.8) is 0 Å². The van der Waals surface area contributed by atoms with Crippen LogP contribution in [0.25, 0.3) is 0 Å². The van der Waals surface area contributed by atoms with Crippen LogP contribution in [-0.2, 0) is 19.1 Å². The van der Waals surface area contributed by atoms with Crippen LogP contribution in [0.5, 0.6) is 0 Å². The topological polar surface area (TPSA) is 93.1 Å². The quantitative estimate of drug-likeness (QED) is 0.402. The summed E-state index contributed by atoms with van der Waals surface area (Å²) >= 11 is 0. The molecule has 0 rings (SSSR count). The smallest absolute Gasteiger partial charge is 0.305 e. The summed E-state index contributed by atoms with van der Waals surface area (Å²) in [5, 5.41) is 20.5. The molecule has 0 aromatic carbocycles. The van der Waals surface area contributed by atoms with Crippen LogP contribution in [0.1, 0.15) is 91.9 Å². The highest BCUT2D eigenvalue weighted by atomic mass is 16.5. The number of hydrogen-bond donors (Lipinski definition) is 2. The molecule has 0 aromatic rings. The van der Waals surface area contributed by atoms with Crippen molar-refractivity contribution in [2.45, 2.75) is 104 Å². The third-order valence-electron chi connectivity index (χ3n) is 5.61. The Balaban J connectivity index is 4.06. The minimum absolute atomic E-state index is 0.0303. The van der Waals surface area contributed by atoms with E-state index in [-0.39, 0.29) is 22.8 Å². The van der Waals surface area contributed by atoms with E-state index in [1.807, 2.05) is 0 Å². The molecule has 0 aliphatic carbocycles. The van der Waals surface area contributed by atoms with Gasteiger partial charge in [0.1, 0.15) is 0 Å². The van der Waals surface area contributed by atoms with Crippen molar-refractivity contribution in [2.24, 2.45) is 10.8 Å². The van der Waals surface area contributed by atoms with Gasteiger partial charge >= 0.3 is 11.9 Å². The molecule has 0 saturated heterocycles. The minimum Gasteiger partial charge on any atom is -0.469 e. The Kier molecular flexibility index (Phi) is 12.6. The molecule has 0 spiro atoms. The van der Waals surface area contributed by atoms with Crippen molar-refractivity contribution in [1.29, 1.82) is 0 Å². The van der Waals surface area contributed by atoms with E-state index in [0.717, 1.165) is 25.7 Å². The predicted octanol–water partition coefficient (Wildman–Crippen LogP) is 4.01. The van der Waals surface area contributed by atoms with E-state index in [1.54, 1.807) is 0 Å². The van der Waals surface area contributed by atoms with Crippen molar-refractivity contribution in [3.05, 3.63) is 0 Å². The van der Waals surface area contributed by atoms with Crippen molar-refractivity contribution in [2.75, 3.05) is 14.2 Å². The summed E-state index contributed by atoms with van der Waals surface area (Å²) in [5.74, 6) is -0.405. The monoisotopic (exact) mass is 402 g/mol. The minimum atomic E-state index is -0.445. The average molecular weight is 403 g/mol. The van der Waals surface area contributed by atoms with Crippen LogP contribution in [0, 0.1) is 10.8 Å². The normalized spacial score (nSPS) is 14.4. The lowest BCUT2D eigenvalue weighted by Crippen LogP contribution is -2.20. The Labute approximate surface area is 171 Å². The van der Waals surface area contributed by atoms with Gasteiger partial charge in [-0.25, -0.2) is 0 Å². The first-order valence-corrected chi connectivity index (χ1v) is 10.4. The van der Waals surface area contributed by atoms with Crippen LogP contribution in [0.2, 0.25) is 0 Å². The summed E-state index contributed by atoms with van der Waals surface area (Å²) in [6.45, 7) is 8.36. The Bertz CT molecular complexity index is 416. The van der Waals surface area contributed by atoms with Gasteiger partial charge in [-0.15, -0.1) is 0 Å². The Morgan fingerprint density at radius 3 is 1.29 bits per heavy atom. The van der Waals surface area contributed by atoms with Crippen LogP contribution in [0.4, 0.5) is 0 Å². The second-order valence-corrected chi connectivity index (χ2v) is 9.44. The lowest BCUT2D eigenvalue weighted by molar-refractivity contribution is -0.142. The van der Waals surface area contributed by atoms with Crippen molar-refractivity contribution in [1.82, 2.24) is 0 Å². The van der Waals surface area contributed by atoms with Crippen LogP contribution in [-0.4, -0.2) is 48.6 Å². The first kappa shape index (κ1) is 26.9. The van der Waals surface area contributed by atoms with Gasteiger partial charge in [0, 0.05) is 12.8 Å². The number of esters is 2. The second kappa shape index (κ2) is 13.2. The van der Waals surface area contributed by atoms with Gasteiger partial charge in [-0.3, -0.25) is 9.59 Å². The van der Waals surface area contributed by atoms with E-state index in [4.69, 9.17) is 0 Å². The molecule has 0 amide bonds. The molecule has 0 fully saturated rings. The van der Waals surface area contributed by atoms with Gasteiger partial charge in [0.25, 0.3) is 0 Å². The molecule has 0 bridgehead atoms. The van der Waals surface area contributed by atoms with Crippen LogP contribution in [0.15, 0.2) is 0 Å². The molecule has 166 valence electrons. The average Bonchev–Trinajstić information content (AvgIpc) is 2.65. The highest BCUT2D eigenvalue weighted by molar-refractivity contribution is 5.69. The summed E-state index contributed by atoms with van der Waals surface area (Å²) in [4.78, 5) is 22.5. The summed E-state index contributed by atoms with van der Waals surface area (Å²) < 4.78 is 9.35. The highest BCUT2D eigenvalue weighted by Crippen LogP contribution is 2.31. The summed E-state index contributed by atoms with van der Waals surface area (Å²) in [5.41, 5.74) is -0.0606. The van der Waals surface area contributed by atoms with Crippen molar-refractivity contribution >= 4 is 11.9 Å². The van der Waals surface area contributed by atoms with Gasteiger partial charge in [0.15, 0.2) is 0 Å². The molecule has 28 heavy (non-hydrogen) atoms. The number of hydrogen-bond acceptors (Lipinski definition) is 6. The first-order valence-electron chi connectivity index (χ1n) is 10.4. The molecule has 0 heterocycles. The highest BCUT2D eigenvalue weighted by Gasteiger charge is 2.23. The van der Waals surface area contributed by atoms with E-state index >= 15 is 0 Å². The number of rotatable bonds is 15. The summed E-state index contributed by atoms with van der Waals surface area (Å²) in [6.07, 6.45) is 5.45. The SMILES string of the molecule is COC(=O)CCC(C)(C)CCC(O)CCC(O)CCC(C)(C)CCC(=O)OC. The summed E-state index contributed by atoms with van der Waals surface area (Å²) in [6, 6.07) is 0. The van der Waals surface area contributed by atoms with Crippen LogP contribution >= 0.6 is 0 Å². The molecule has 2 unspecified atom stereocenters. The van der Waals surface area contributed by atoms with E-state index < -0.39 is 12.2 Å². The van der Waals surface area contributed by atoms with Crippen molar-refractivity contribution < 1.29 is 29.3 Å². The third kappa shape index (κ3) is 13.9. The largest absolute Gasteiger partial charge is 0.469 e. The molecule has 0 saturated carbocycles. The maximum atomic E-state index is 11.3. The molecule has 6 heteroatoms. The van der Waals surface area contributed by atoms with Gasteiger partial charge in [-0.2, -0.15) is 0 Å². The Morgan fingerprint density at radius 1 is 0.679 bits per heavy atom. The van der Waals surface area contributed by atoms with E-state index in [2.05, 4.69) is 37.2 Å². The second-order valence-electron chi connectivity index (χ2n) is 9.44. The zero-order valence-corrected chi connectivity index (χ0v) is 18.8. The number of carbonyl (C=O) groups is 2. The molecule has 0 radical (unpaired) electrons. The summed E-state index contributed by atoms with van der Waals surface area (Å²) in [7, 11) is 2.79. The molecular weight excluding hydrogens is 360 g/mol. The number of methoxy groups -OCH3 is 2. The fourth-order valence-corrected chi connectivity index (χ4v) is 3.12. The Morgan fingerprint density at radius 2 is 1.00 bits per heavy atom. The number of carbonyl (C=O) groups excluding carboxylic acids is 2. The molecule has 0 aliphatic rings. The third-order valence-corrected chi connectivity index (χ3v) is 5.61. The zero-order chi connectivity index (χ0) is 21.8.